The summed E-state index contributed by atoms with van der Waals surface area (Å²) >= 11 is 0. The van der Waals surface area contributed by atoms with Crippen LogP contribution >= 0.6 is 0 Å². The van der Waals surface area contributed by atoms with Gasteiger partial charge in [-0.3, -0.25) is 19.5 Å². The Balaban J connectivity index is 1.57. The molecule has 6 nitrogen and oxygen atoms in total. The molecule has 1 amide bonds. The van der Waals surface area contributed by atoms with Crippen molar-refractivity contribution in [3.63, 3.8) is 0 Å². The number of nitrogens with zero attached hydrogens (tertiary/aromatic N) is 1. The summed E-state index contributed by atoms with van der Waals surface area (Å²) < 4.78 is 0. The zero-order valence-electron chi connectivity index (χ0n) is 13.0. The SMILES string of the molecule is Cc1ccc(C(=O)CCC(=O)N2CCc3c([nH][nH]c3=O)C2)cc1. The monoisotopic (exact) mass is 313 g/mol. The summed E-state index contributed by atoms with van der Waals surface area (Å²) in [4.78, 5) is 37.6. The molecule has 0 bridgehead atoms. The lowest BCUT2D eigenvalue weighted by Gasteiger charge is -2.26. The van der Waals surface area contributed by atoms with Gasteiger partial charge in [0, 0.05) is 30.5 Å². The lowest BCUT2D eigenvalue weighted by atomic mass is 10.0. The van der Waals surface area contributed by atoms with Crippen molar-refractivity contribution in [3.8, 4) is 0 Å². The van der Waals surface area contributed by atoms with Crippen LogP contribution in [-0.4, -0.2) is 33.3 Å². The molecular weight excluding hydrogens is 294 g/mol. The first-order valence-electron chi connectivity index (χ1n) is 7.70. The van der Waals surface area contributed by atoms with Gasteiger partial charge in [-0.1, -0.05) is 29.8 Å². The highest BCUT2D eigenvalue weighted by atomic mass is 16.2. The van der Waals surface area contributed by atoms with Crippen LogP contribution < -0.4 is 5.56 Å². The van der Waals surface area contributed by atoms with Crippen LogP contribution in [0.2, 0.25) is 0 Å². The highest BCUT2D eigenvalue weighted by Crippen LogP contribution is 2.15. The summed E-state index contributed by atoms with van der Waals surface area (Å²) in [6.45, 7) is 2.88. The number of aryl methyl sites for hydroxylation is 1. The number of aromatic nitrogens is 2. The summed E-state index contributed by atoms with van der Waals surface area (Å²) in [5.41, 5.74) is 3.12. The number of aromatic amines is 2. The molecule has 1 aromatic carbocycles. The number of benzene rings is 1. The number of carbonyl (C=O) groups is 2. The molecule has 3 rings (SSSR count). The third-order valence-electron chi connectivity index (χ3n) is 4.24. The van der Waals surface area contributed by atoms with E-state index >= 15 is 0 Å². The average Bonchev–Trinajstić information content (AvgIpc) is 2.93. The van der Waals surface area contributed by atoms with Crippen molar-refractivity contribution in [2.75, 3.05) is 6.54 Å². The van der Waals surface area contributed by atoms with Gasteiger partial charge in [-0.05, 0) is 13.3 Å². The number of hydrogen-bond donors (Lipinski definition) is 2. The molecule has 0 fully saturated rings. The fraction of sp³-hybridized carbons (Fsp3) is 0.353. The number of ketones is 1. The summed E-state index contributed by atoms with van der Waals surface area (Å²) in [7, 11) is 0. The van der Waals surface area contributed by atoms with Crippen LogP contribution in [0.4, 0.5) is 0 Å². The topological polar surface area (TPSA) is 86.0 Å². The third kappa shape index (κ3) is 3.26. The van der Waals surface area contributed by atoms with Crippen molar-refractivity contribution < 1.29 is 9.59 Å². The van der Waals surface area contributed by atoms with Gasteiger partial charge in [0.15, 0.2) is 5.78 Å². The molecule has 0 radical (unpaired) electrons. The third-order valence-corrected chi connectivity index (χ3v) is 4.24. The smallest absolute Gasteiger partial charge is 0.267 e. The minimum atomic E-state index is -0.110. The molecule has 0 saturated heterocycles. The summed E-state index contributed by atoms with van der Waals surface area (Å²) in [6.07, 6.45) is 0.942. The maximum absolute atomic E-state index is 12.3. The lowest BCUT2D eigenvalue weighted by molar-refractivity contribution is -0.132. The van der Waals surface area contributed by atoms with Gasteiger partial charge in [-0.2, -0.15) is 0 Å². The number of hydrogen-bond acceptors (Lipinski definition) is 3. The molecule has 2 heterocycles. The van der Waals surface area contributed by atoms with Gasteiger partial charge in [-0.15, -0.1) is 0 Å². The van der Waals surface area contributed by atoms with Crippen LogP contribution in [-0.2, 0) is 17.8 Å². The summed E-state index contributed by atoms with van der Waals surface area (Å²) in [5.74, 6) is -0.0794. The Morgan fingerprint density at radius 3 is 2.61 bits per heavy atom. The lowest BCUT2D eigenvalue weighted by Crippen LogP contribution is -2.37. The number of Topliss-reactive ketones (excluding diaryl/α,β-unsaturated/α-hetero) is 1. The molecule has 0 unspecified atom stereocenters. The van der Waals surface area contributed by atoms with E-state index in [0.29, 0.717) is 25.1 Å². The molecule has 2 aromatic rings. The minimum absolute atomic E-state index is 0.0221. The maximum atomic E-state index is 12.3. The van der Waals surface area contributed by atoms with E-state index in [9.17, 15) is 14.4 Å². The molecule has 23 heavy (non-hydrogen) atoms. The molecule has 120 valence electrons. The Kier molecular flexibility index (Phi) is 4.14. The first kappa shape index (κ1) is 15.3. The van der Waals surface area contributed by atoms with E-state index < -0.39 is 0 Å². The Morgan fingerprint density at radius 2 is 1.87 bits per heavy atom. The highest BCUT2D eigenvalue weighted by Gasteiger charge is 2.24. The number of amides is 1. The first-order chi connectivity index (χ1) is 11.0. The Bertz CT molecular complexity index is 786. The van der Waals surface area contributed by atoms with Crippen LogP contribution in [0.25, 0.3) is 0 Å². The predicted molar refractivity (Wildman–Crippen MR) is 85.3 cm³/mol. The molecule has 6 heteroatoms. The number of carbonyl (C=O) groups excluding carboxylic acids is 2. The second kappa shape index (κ2) is 6.24. The van der Waals surface area contributed by atoms with Gasteiger partial charge >= 0.3 is 0 Å². The summed E-state index contributed by atoms with van der Waals surface area (Å²) in [6, 6.07) is 7.37. The van der Waals surface area contributed by atoms with Crippen LogP contribution in [0.1, 0.15) is 40.0 Å². The maximum Gasteiger partial charge on any atom is 0.267 e. The fourth-order valence-corrected chi connectivity index (χ4v) is 2.81. The van der Waals surface area contributed by atoms with Gasteiger partial charge < -0.3 is 10.00 Å². The second-order valence-electron chi connectivity index (χ2n) is 5.89. The predicted octanol–water partition coefficient (Wildman–Crippen LogP) is 1.56. The molecule has 0 aliphatic carbocycles. The standard InChI is InChI=1S/C17H19N3O3/c1-11-2-4-12(5-3-11)15(21)6-7-16(22)20-9-8-13-14(10-20)18-19-17(13)23/h2-5H,6-10H2,1H3,(H2,18,19,23). The fourth-order valence-electron chi connectivity index (χ4n) is 2.81. The normalized spacial score (nSPS) is 13.7. The van der Waals surface area contributed by atoms with Gasteiger partial charge in [0.2, 0.25) is 5.91 Å². The van der Waals surface area contributed by atoms with E-state index in [-0.39, 0.29) is 30.1 Å². The van der Waals surface area contributed by atoms with E-state index in [4.69, 9.17) is 0 Å². The molecule has 0 atom stereocenters. The van der Waals surface area contributed by atoms with E-state index in [1.54, 1.807) is 17.0 Å². The minimum Gasteiger partial charge on any atom is -0.336 e. The first-order valence-corrected chi connectivity index (χ1v) is 7.70. The number of nitrogens with one attached hydrogen (secondary N) is 2. The van der Waals surface area contributed by atoms with Gasteiger partial charge in [0.1, 0.15) is 0 Å². The van der Waals surface area contributed by atoms with Gasteiger partial charge in [-0.25, -0.2) is 0 Å². The second-order valence-corrected chi connectivity index (χ2v) is 5.89. The van der Waals surface area contributed by atoms with Crippen LogP contribution in [0.3, 0.4) is 0 Å². The van der Waals surface area contributed by atoms with Crippen molar-refractivity contribution >= 4 is 11.7 Å². The number of fused-ring (bicyclic) bond motifs is 1. The van der Waals surface area contributed by atoms with E-state index in [0.717, 1.165) is 16.8 Å². The van der Waals surface area contributed by atoms with Crippen molar-refractivity contribution in [3.05, 3.63) is 57.0 Å². The molecule has 1 aliphatic rings. The van der Waals surface area contributed by atoms with Gasteiger partial charge in [0.05, 0.1) is 12.2 Å². The quantitative estimate of drug-likeness (QED) is 0.840. The molecule has 1 aliphatic heterocycles. The van der Waals surface area contributed by atoms with Crippen LogP contribution in [0.5, 0.6) is 0 Å². The van der Waals surface area contributed by atoms with Crippen molar-refractivity contribution in [2.45, 2.75) is 32.7 Å². The summed E-state index contributed by atoms with van der Waals surface area (Å²) in [5, 5.41) is 5.35. The van der Waals surface area contributed by atoms with E-state index in [1.807, 2.05) is 19.1 Å². The van der Waals surface area contributed by atoms with Crippen LogP contribution in [0, 0.1) is 6.92 Å². The zero-order valence-corrected chi connectivity index (χ0v) is 13.0. The molecular formula is C17H19N3O3. The Labute approximate surface area is 133 Å². The van der Waals surface area contributed by atoms with Crippen molar-refractivity contribution in [2.24, 2.45) is 0 Å². The average molecular weight is 313 g/mol. The molecule has 0 spiro atoms. The van der Waals surface area contributed by atoms with E-state index in [2.05, 4.69) is 10.2 Å². The highest BCUT2D eigenvalue weighted by molar-refractivity contribution is 5.98. The van der Waals surface area contributed by atoms with E-state index in [1.165, 1.54) is 0 Å². The number of rotatable bonds is 4. The van der Waals surface area contributed by atoms with Crippen molar-refractivity contribution in [1.82, 2.24) is 15.1 Å². The van der Waals surface area contributed by atoms with Crippen molar-refractivity contribution in [1.29, 1.82) is 0 Å². The Hall–Kier alpha value is -2.63. The molecule has 1 aromatic heterocycles. The largest absolute Gasteiger partial charge is 0.336 e. The van der Waals surface area contributed by atoms with Gasteiger partial charge in [0.25, 0.3) is 5.56 Å². The molecule has 0 saturated carbocycles. The number of H-pyrrole nitrogens is 2. The Morgan fingerprint density at radius 1 is 1.13 bits per heavy atom. The zero-order chi connectivity index (χ0) is 16.4. The molecule has 2 N–H and O–H groups in total. The van der Waals surface area contributed by atoms with Crippen LogP contribution in [0.15, 0.2) is 29.1 Å².